The van der Waals surface area contributed by atoms with E-state index in [0.717, 1.165) is 24.3 Å². The summed E-state index contributed by atoms with van der Waals surface area (Å²) in [6.45, 7) is 3.95. The first-order valence-corrected chi connectivity index (χ1v) is 5.51. The van der Waals surface area contributed by atoms with E-state index in [1.165, 1.54) is 7.11 Å². The number of alkyl halides is 3. The van der Waals surface area contributed by atoms with Gasteiger partial charge in [-0.15, -0.1) is 0 Å². The van der Waals surface area contributed by atoms with Crippen LogP contribution in [0, 0.1) is 0 Å². The zero-order chi connectivity index (χ0) is 14.5. The van der Waals surface area contributed by atoms with E-state index in [1.807, 2.05) is 0 Å². The number of benzene rings is 1. The van der Waals surface area contributed by atoms with Crippen molar-refractivity contribution in [1.82, 2.24) is 5.32 Å². The van der Waals surface area contributed by atoms with Crippen molar-refractivity contribution in [2.75, 3.05) is 20.3 Å². The molecule has 1 amide bonds. The summed E-state index contributed by atoms with van der Waals surface area (Å²) in [5.74, 6) is -0.450. The maximum atomic E-state index is 12.7. The average molecular weight is 273 g/mol. The van der Waals surface area contributed by atoms with Gasteiger partial charge in [0.1, 0.15) is 0 Å². The number of hydrogen-bond donors (Lipinski definition) is 1. The molecule has 0 aliphatic carbocycles. The number of rotatable bonds is 5. The molecule has 19 heavy (non-hydrogen) atoms. The largest absolute Gasteiger partial charge is 0.416 e. The molecule has 0 radical (unpaired) electrons. The topological polar surface area (TPSA) is 38.3 Å². The Kier molecular flexibility index (Phi) is 5.11. The van der Waals surface area contributed by atoms with E-state index in [0.29, 0.717) is 13.2 Å². The minimum atomic E-state index is -4.46. The van der Waals surface area contributed by atoms with Crippen LogP contribution in [0.1, 0.15) is 21.5 Å². The van der Waals surface area contributed by atoms with Gasteiger partial charge in [0.2, 0.25) is 0 Å². The van der Waals surface area contributed by atoms with Gasteiger partial charge in [-0.2, -0.15) is 13.2 Å². The Balaban J connectivity index is 2.94. The van der Waals surface area contributed by atoms with Crippen molar-refractivity contribution in [1.29, 1.82) is 0 Å². The standard InChI is InChI=1S/C13H14F3NO2/c1-3-9-8-10(12(18)17-6-7-19-2)4-5-11(9)13(14,15)16/h3-5,8H,1,6-7H2,2H3,(H,17,18). The van der Waals surface area contributed by atoms with E-state index in [1.54, 1.807) is 0 Å². The molecule has 0 aliphatic rings. The maximum Gasteiger partial charge on any atom is 0.416 e. The van der Waals surface area contributed by atoms with Crippen molar-refractivity contribution in [3.8, 4) is 0 Å². The van der Waals surface area contributed by atoms with Crippen LogP contribution < -0.4 is 5.32 Å². The van der Waals surface area contributed by atoms with Crippen molar-refractivity contribution in [2.45, 2.75) is 6.18 Å². The Morgan fingerprint density at radius 2 is 2.16 bits per heavy atom. The van der Waals surface area contributed by atoms with Gasteiger partial charge in [0.05, 0.1) is 12.2 Å². The molecule has 104 valence electrons. The number of halogens is 3. The molecule has 0 atom stereocenters. The van der Waals surface area contributed by atoms with Crippen LogP contribution in [0.3, 0.4) is 0 Å². The Morgan fingerprint density at radius 1 is 1.47 bits per heavy atom. The van der Waals surface area contributed by atoms with Gasteiger partial charge in [-0.05, 0) is 23.8 Å². The Bertz CT molecular complexity index is 469. The van der Waals surface area contributed by atoms with Crippen molar-refractivity contribution in [3.63, 3.8) is 0 Å². The quantitative estimate of drug-likeness (QED) is 0.838. The van der Waals surface area contributed by atoms with Gasteiger partial charge in [0, 0.05) is 19.2 Å². The molecular formula is C13H14F3NO2. The van der Waals surface area contributed by atoms with Crippen molar-refractivity contribution in [2.24, 2.45) is 0 Å². The molecule has 1 aromatic carbocycles. The zero-order valence-corrected chi connectivity index (χ0v) is 10.4. The maximum absolute atomic E-state index is 12.7. The number of carbonyl (C=O) groups is 1. The van der Waals surface area contributed by atoms with Gasteiger partial charge in [-0.1, -0.05) is 12.7 Å². The highest BCUT2D eigenvalue weighted by Crippen LogP contribution is 2.32. The van der Waals surface area contributed by atoms with Crippen LogP contribution >= 0.6 is 0 Å². The first kappa shape index (κ1) is 15.2. The molecule has 0 bridgehead atoms. The van der Waals surface area contributed by atoms with Crippen LogP contribution in [-0.4, -0.2) is 26.2 Å². The van der Waals surface area contributed by atoms with Crippen LogP contribution in [0.15, 0.2) is 24.8 Å². The van der Waals surface area contributed by atoms with Gasteiger partial charge >= 0.3 is 6.18 Å². The van der Waals surface area contributed by atoms with E-state index < -0.39 is 17.6 Å². The second-order valence-electron chi connectivity index (χ2n) is 3.75. The van der Waals surface area contributed by atoms with Crippen molar-refractivity contribution in [3.05, 3.63) is 41.5 Å². The number of ether oxygens (including phenoxy) is 1. The van der Waals surface area contributed by atoms with Crippen molar-refractivity contribution >= 4 is 12.0 Å². The third kappa shape index (κ3) is 4.10. The molecular weight excluding hydrogens is 259 g/mol. The lowest BCUT2D eigenvalue weighted by atomic mass is 10.0. The van der Waals surface area contributed by atoms with Gasteiger partial charge < -0.3 is 10.1 Å². The highest BCUT2D eigenvalue weighted by molar-refractivity contribution is 5.94. The van der Waals surface area contributed by atoms with Gasteiger partial charge in [0.15, 0.2) is 0 Å². The highest BCUT2D eigenvalue weighted by atomic mass is 19.4. The summed E-state index contributed by atoms with van der Waals surface area (Å²) >= 11 is 0. The molecule has 0 spiro atoms. The third-order valence-electron chi connectivity index (χ3n) is 2.43. The fraction of sp³-hybridized carbons (Fsp3) is 0.308. The Labute approximate surface area is 109 Å². The first-order valence-electron chi connectivity index (χ1n) is 5.51. The smallest absolute Gasteiger partial charge is 0.383 e. The van der Waals surface area contributed by atoms with Crippen molar-refractivity contribution < 1.29 is 22.7 Å². The summed E-state index contributed by atoms with van der Waals surface area (Å²) in [4.78, 5) is 11.7. The predicted octanol–water partition coefficient (Wildman–Crippen LogP) is 2.72. The Hall–Kier alpha value is -1.82. The molecule has 0 heterocycles. The summed E-state index contributed by atoms with van der Waals surface area (Å²) in [6, 6.07) is 3.18. The van der Waals surface area contributed by atoms with E-state index in [9.17, 15) is 18.0 Å². The molecule has 0 saturated carbocycles. The number of hydrogen-bond acceptors (Lipinski definition) is 2. The van der Waals surface area contributed by atoms with Gasteiger partial charge in [-0.25, -0.2) is 0 Å². The normalized spacial score (nSPS) is 11.2. The fourth-order valence-corrected chi connectivity index (χ4v) is 1.50. The lowest BCUT2D eigenvalue weighted by Gasteiger charge is -2.12. The van der Waals surface area contributed by atoms with Crippen LogP contribution in [0.25, 0.3) is 6.08 Å². The summed E-state index contributed by atoms with van der Waals surface area (Å²) in [5.41, 5.74) is -0.776. The molecule has 0 fully saturated rings. The van der Waals surface area contributed by atoms with E-state index in [-0.39, 0.29) is 11.1 Å². The second-order valence-corrected chi connectivity index (χ2v) is 3.75. The first-order chi connectivity index (χ1) is 8.90. The Morgan fingerprint density at radius 3 is 2.68 bits per heavy atom. The predicted molar refractivity (Wildman–Crippen MR) is 65.7 cm³/mol. The molecule has 1 N–H and O–H groups in total. The van der Waals surface area contributed by atoms with E-state index in [4.69, 9.17) is 4.74 Å². The van der Waals surface area contributed by atoms with Crippen LogP contribution in [0.4, 0.5) is 13.2 Å². The monoisotopic (exact) mass is 273 g/mol. The molecule has 0 aromatic heterocycles. The summed E-state index contributed by atoms with van der Waals surface area (Å²) in [7, 11) is 1.49. The zero-order valence-electron chi connectivity index (χ0n) is 10.4. The summed E-state index contributed by atoms with van der Waals surface area (Å²) in [5, 5.41) is 2.53. The molecule has 1 rings (SSSR count). The third-order valence-corrected chi connectivity index (χ3v) is 2.43. The molecule has 3 nitrogen and oxygen atoms in total. The summed E-state index contributed by atoms with van der Waals surface area (Å²) < 4.78 is 42.7. The minimum Gasteiger partial charge on any atom is -0.383 e. The molecule has 0 unspecified atom stereocenters. The average Bonchev–Trinajstić information content (AvgIpc) is 2.37. The SMILES string of the molecule is C=Cc1cc(C(=O)NCCOC)ccc1C(F)(F)F. The molecule has 6 heteroatoms. The fourth-order valence-electron chi connectivity index (χ4n) is 1.50. The molecule has 1 aromatic rings. The lowest BCUT2D eigenvalue weighted by Crippen LogP contribution is -2.27. The second kappa shape index (κ2) is 6.38. The minimum absolute atomic E-state index is 0.119. The van der Waals surface area contributed by atoms with Crippen LogP contribution in [0.5, 0.6) is 0 Å². The van der Waals surface area contributed by atoms with Crippen LogP contribution in [-0.2, 0) is 10.9 Å². The van der Waals surface area contributed by atoms with E-state index >= 15 is 0 Å². The van der Waals surface area contributed by atoms with Gasteiger partial charge in [0.25, 0.3) is 5.91 Å². The highest BCUT2D eigenvalue weighted by Gasteiger charge is 2.32. The number of carbonyl (C=O) groups excluding carboxylic acids is 1. The molecule has 0 saturated heterocycles. The van der Waals surface area contributed by atoms with Crippen LogP contribution in [0.2, 0.25) is 0 Å². The number of amides is 1. The molecule has 0 aliphatic heterocycles. The number of nitrogens with one attached hydrogen (secondary N) is 1. The lowest BCUT2D eigenvalue weighted by molar-refractivity contribution is -0.137. The number of methoxy groups -OCH3 is 1. The van der Waals surface area contributed by atoms with E-state index in [2.05, 4.69) is 11.9 Å². The summed E-state index contributed by atoms with van der Waals surface area (Å²) in [6.07, 6.45) is -3.39. The van der Waals surface area contributed by atoms with Gasteiger partial charge in [-0.3, -0.25) is 4.79 Å².